The lowest BCUT2D eigenvalue weighted by atomic mass is 9.95. The summed E-state index contributed by atoms with van der Waals surface area (Å²) in [6, 6.07) is 18.7. The summed E-state index contributed by atoms with van der Waals surface area (Å²) < 4.78 is 25.6. The molecule has 3 atom stereocenters. The van der Waals surface area contributed by atoms with Gasteiger partial charge in [0.1, 0.15) is 17.2 Å². The van der Waals surface area contributed by atoms with Gasteiger partial charge < -0.3 is 9.47 Å². The fourth-order valence-corrected chi connectivity index (χ4v) is 5.13. The first-order chi connectivity index (χ1) is 16.2. The number of hydrogen-bond donors (Lipinski definition) is 0. The predicted molar refractivity (Wildman–Crippen MR) is 134 cm³/mol. The number of methoxy groups -OCH3 is 1. The van der Waals surface area contributed by atoms with Crippen LogP contribution in [0.2, 0.25) is 0 Å². The molecule has 4 nitrogen and oxygen atoms in total. The van der Waals surface area contributed by atoms with Gasteiger partial charge in [-0.05, 0) is 87.6 Å². The maximum Gasteiger partial charge on any atom is 0.411 e. The van der Waals surface area contributed by atoms with Crippen molar-refractivity contribution in [1.82, 2.24) is 4.90 Å². The summed E-state index contributed by atoms with van der Waals surface area (Å²) in [6.07, 6.45) is 2.41. The highest BCUT2D eigenvalue weighted by molar-refractivity contribution is 5.87. The third kappa shape index (κ3) is 5.03. The summed E-state index contributed by atoms with van der Waals surface area (Å²) in [4.78, 5) is 15.4. The van der Waals surface area contributed by atoms with Gasteiger partial charge in [-0.3, -0.25) is 4.90 Å². The molecule has 5 heteroatoms. The Morgan fingerprint density at radius 1 is 1.00 bits per heavy atom. The van der Waals surface area contributed by atoms with Crippen LogP contribution >= 0.6 is 0 Å². The lowest BCUT2D eigenvalue weighted by Crippen LogP contribution is -2.44. The molecule has 34 heavy (non-hydrogen) atoms. The highest BCUT2D eigenvalue weighted by Crippen LogP contribution is 2.41. The van der Waals surface area contributed by atoms with Crippen LogP contribution in [0.15, 0.2) is 60.7 Å². The monoisotopic (exact) mass is 463 g/mol. The second kappa shape index (κ2) is 9.65. The molecule has 1 amide bonds. The first-order valence-corrected chi connectivity index (χ1v) is 12.0. The molecule has 1 aliphatic rings. The highest BCUT2D eigenvalue weighted by atomic mass is 19.1. The van der Waals surface area contributed by atoms with Crippen LogP contribution in [-0.4, -0.2) is 29.7 Å². The maximum atomic E-state index is 14.5. The Kier molecular flexibility index (Phi) is 6.83. The lowest BCUT2D eigenvalue weighted by molar-refractivity contribution is 0.00693. The number of amides is 1. The number of benzene rings is 3. The highest BCUT2D eigenvalue weighted by Gasteiger charge is 2.38. The topological polar surface area (TPSA) is 38.8 Å². The molecule has 0 aliphatic heterocycles. The summed E-state index contributed by atoms with van der Waals surface area (Å²) in [5.74, 6) is 0.944. The Balaban J connectivity index is 1.66. The van der Waals surface area contributed by atoms with Crippen molar-refractivity contribution in [3.05, 3.63) is 77.6 Å². The second-order valence-corrected chi connectivity index (χ2v) is 10.2. The van der Waals surface area contributed by atoms with Crippen LogP contribution in [0.4, 0.5) is 9.18 Å². The zero-order chi connectivity index (χ0) is 24.5. The van der Waals surface area contributed by atoms with E-state index >= 15 is 0 Å². The molecule has 1 aliphatic carbocycles. The molecule has 0 spiro atoms. The zero-order valence-corrected chi connectivity index (χ0v) is 20.7. The van der Waals surface area contributed by atoms with E-state index in [1.807, 2.05) is 62.9 Å². The number of ether oxygens (including phenoxy) is 2. The molecule has 0 heterocycles. The van der Waals surface area contributed by atoms with Crippen LogP contribution in [0, 0.1) is 5.82 Å². The molecular formula is C29H34FNO3. The quantitative estimate of drug-likeness (QED) is 0.391. The van der Waals surface area contributed by atoms with E-state index in [1.54, 1.807) is 19.2 Å². The summed E-state index contributed by atoms with van der Waals surface area (Å²) in [7, 11) is 1.67. The van der Waals surface area contributed by atoms with E-state index in [-0.39, 0.29) is 24.0 Å². The van der Waals surface area contributed by atoms with Crippen LogP contribution in [0.3, 0.4) is 0 Å². The first-order valence-electron chi connectivity index (χ1n) is 12.0. The largest absolute Gasteiger partial charge is 0.497 e. The molecule has 0 bridgehead atoms. The molecule has 0 unspecified atom stereocenters. The molecule has 180 valence electrons. The number of hydrogen-bond acceptors (Lipinski definition) is 3. The summed E-state index contributed by atoms with van der Waals surface area (Å²) in [5.41, 5.74) is 1.58. The van der Waals surface area contributed by atoms with Gasteiger partial charge >= 0.3 is 6.09 Å². The average Bonchev–Trinajstić information content (AvgIpc) is 3.28. The summed E-state index contributed by atoms with van der Waals surface area (Å²) in [6.45, 7) is 7.67. The van der Waals surface area contributed by atoms with Crippen molar-refractivity contribution in [1.29, 1.82) is 0 Å². The minimum atomic E-state index is -0.603. The smallest absolute Gasteiger partial charge is 0.411 e. The fraction of sp³-hybridized carbons (Fsp3) is 0.414. The minimum absolute atomic E-state index is 0.0285. The Morgan fingerprint density at radius 2 is 1.68 bits per heavy atom. The maximum absolute atomic E-state index is 14.5. The number of rotatable bonds is 5. The molecule has 3 aromatic carbocycles. The predicted octanol–water partition coefficient (Wildman–Crippen LogP) is 7.62. The van der Waals surface area contributed by atoms with Crippen molar-refractivity contribution in [3.8, 4) is 5.75 Å². The number of fused-ring (bicyclic) bond motifs is 1. The van der Waals surface area contributed by atoms with E-state index in [1.165, 1.54) is 11.6 Å². The van der Waals surface area contributed by atoms with Crippen molar-refractivity contribution in [2.75, 3.05) is 7.11 Å². The molecule has 0 aromatic heterocycles. The van der Waals surface area contributed by atoms with E-state index in [4.69, 9.17) is 9.47 Å². The summed E-state index contributed by atoms with van der Waals surface area (Å²) in [5, 5.41) is 1.40. The number of carbonyl (C=O) groups excluding carboxylic acids is 1. The minimum Gasteiger partial charge on any atom is -0.497 e. The van der Waals surface area contributed by atoms with Gasteiger partial charge in [0.2, 0.25) is 0 Å². The van der Waals surface area contributed by atoms with Crippen molar-refractivity contribution in [2.45, 2.75) is 70.6 Å². The van der Waals surface area contributed by atoms with Crippen molar-refractivity contribution in [2.24, 2.45) is 0 Å². The summed E-state index contributed by atoms with van der Waals surface area (Å²) >= 11 is 0. The molecular weight excluding hydrogens is 429 g/mol. The van der Waals surface area contributed by atoms with Gasteiger partial charge in [-0.2, -0.15) is 0 Å². The second-order valence-electron chi connectivity index (χ2n) is 10.2. The number of nitrogens with zero attached hydrogens (tertiary/aromatic N) is 1. The van der Waals surface area contributed by atoms with Crippen LogP contribution in [0.5, 0.6) is 5.75 Å². The molecule has 1 saturated carbocycles. The van der Waals surface area contributed by atoms with E-state index in [9.17, 15) is 9.18 Å². The molecule has 0 saturated heterocycles. The molecule has 4 rings (SSSR count). The van der Waals surface area contributed by atoms with Crippen molar-refractivity contribution in [3.63, 3.8) is 0 Å². The molecule has 0 radical (unpaired) electrons. The van der Waals surface area contributed by atoms with Gasteiger partial charge in [0.25, 0.3) is 0 Å². The van der Waals surface area contributed by atoms with Crippen LogP contribution < -0.4 is 4.74 Å². The Hall–Kier alpha value is -3.08. The first kappa shape index (κ1) is 24.1. The van der Waals surface area contributed by atoms with Gasteiger partial charge in [0.05, 0.1) is 13.2 Å². The Labute approximate surface area is 201 Å². The van der Waals surface area contributed by atoms with Gasteiger partial charge in [-0.1, -0.05) is 42.5 Å². The van der Waals surface area contributed by atoms with Crippen LogP contribution in [-0.2, 0) is 4.74 Å². The lowest BCUT2D eigenvalue weighted by Gasteiger charge is -2.37. The zero-order valence-electron chi connectivity index (χ0n) is 20.7. The Bertz CT molecular complexity index is 1150. The normalized spacial score (nSPS) is 19.1. The van der Waals surface area contributed by atoms with Gasteiger partial charge in [0, 0.05) is 11.4 Å². The van der Waals surface area contributed by atoms with Gasteiger partial charge in [-0.15, -0.1) is 0 Å². The fourth-order valence-electron chi connectivity index (χ4n) is 5.13. The third-order valence-corrected chi connectivity index (χ3v) is 6.76. The van der Waals surface area contributed by atoms with Gasteiger partial charge in [-0.25, -0.2) is 9.18 Å². The van der Waals surface area contributed by atoms with E-state index in [0.29, 0.717) is 11.3 Å². The standard InChI is InChI=1S/C29H34FNO3/c1-19(24-16-17-27(30)26-9-7-6-8-25(24)26)31(28(32)34-29(2,3)4)22-13-10-21(18-22)20-11-14-23(33-5)15-12-20/h6-9,11-12,14-17,19,21-22H,10,13,18H2,1-5H3/t19-,21-,22+/m1/s1. The van der Waals surface area contributed by atoms with E-state index in [0.717, 1.165) is 36.0 Å². The third-order valence-electron chi connectivity index (χ3n) is 6.76. The van der Waals surface area contributed by atoms with Crippen LogP contribution in [0.25, 0.3) is 10.8 Å². The van der Waals surface area contributed by atoms with Crippen molar-refractivity contribution >= 4 is 16.9 Å². The van der Waals surface area contributed by atoms with E-state index in [2.05, 4.69) is 12.1 Å². The molecule has 1 fully saturated rings. The number of carbonyl (C=O) groups is 1. The van der Waals surface area contributed by atoms with Gasteiger partial charge in [0.15, 0.2) is 0 Å². The van der Waals surface area contributed by atoms with Crippen molar-refractivity contribution < 1.29 is 18.7 Å². The Morgan fingerprint density at radius 3 is 2.32 bits per heavy atom. The van der Waals surface area contributed by atoms with Crippen LogP contribution in [0.1, 0.15) is 70.0 Å². The average molecular weight is 464 g/mol. The molecule has 3 aromatic rings. The number of halogens is 1. The molecule has 0 N–H and O–H groups in total. The van der Waals surface area contributed by atoms with E-state index < -0.39 is 5.60 Å². The SMILES string of the molecule is COc1ccc([C@@H]2CC[C@H](N(C(=O)OC(C)(C)C)[C@H](C)c3ccc(F)c4ccccc34)C2)cc1.